The number of hydrogen-bond donors (Lipinski definition) is 1. The number of ether oxygens (including phenoxy) is 1. The summed E-state index contributed by atoms with van der Waals surface area (Å²) in [6.45, 7) is 0. The van der Waals surface area contributed by atoms with E-state index in [0.29, 0.717) is 5.75 Å². The third-order valence-electron chi connectivity index (χ3n) is 2.61. The first-order valence-electron chi connectivity index (χ1n) is 5.17. The molecule has 1 aromatic carbocycles. The lowest BCUT2D eigenvalue weighted by Gasteiger charge is -2.15. The van der Waals surface area contributed by atoms with Gasteiger partial charge in [-0.2, -0.15) is 0 Å². The van der Waals surface area contributed by atoms with Crippen LogP contribution in [0, 0.1) is 10.1 Å². The van der Waals surface area contributed by atoms with Crippen molar-refractivity contribution in [1.82, 2.24) is 0 Å². The summed E-state index contributed by atoms with van der Waals surface area (Å²) in [5.74, 6) is -0.266. The second-order valence-electron chi connectivity index (χ2n) is 4.05. The Morgan fingerprint density at radius 3 is 2.33 bits per heavy atom. The van der Waals surface area contributed by atoms with Crippen LogP contribution in [-0.4, -0.2) is 42.2 Å². The van der Waals surface area contributed by atoms with E-state index in [1.54, 1.807) is 0 Å². The molecule has 1 heterocycles. The molecule has 2 rings (SSSR count). The van der Waals surface area contributed by atoms with Gasteiger partial charge < -0.3 is 9.84 Å². The second-order valence-corrected chi connectivity index (χ2v) is 6.21. The number of non-ortho nitro benzene ring substituents is 1. The minimum absolute atomic E-state index is 0.0815. The molecule has 0 aromatic heterocycles. The Hall–Kier alpha value is -1.67. The van der Waals surface area contributed by atoms with Crippen LogP contribution in [0.5, 0.6) is 5.75 Å². The Bertz CT molecular complexity index is 552. The van der Waals surface area contributed by atoms with Crippen LogP contribution in [0.1, 0.15) is 0 Å². The van der Waals surface area contributed by atoms with Crippen molar-refractivity contribution in [3.8, 4) is 5.75 Å². The number of aliphatic hydroxyl groups is 1. The summed E-state index contributed by atoms with van der Waals surface area (Å²) in [7, 11) is -3.27. The molecule has 1 saturated heterocycles. The highest BCUT2D eigenvalue weighted by Gasteiger charge is 2.38. The molecule has 7 nitrogen and oxygen atoms in total. The Kier molecular flexibility index (Phi) is 3.22. The predicted octanol–water partition coefficient (Wildman–Crippen LogP) is 0.131. The number of nitro benzene ring substituents is 1. The zero-order valence-corrected chi connectivity index (χ0v) is 10.0. The molecule has 1 N–H and O–H groups in total. The van der Waals surface area contributed by atoms with E-state index in [0.717, 1.165) is 0 Å². The first kappa shape index (κ1) is 12.8. The fourth-order valence-electron chi connectivity index (χ4n) is 1.73. The quantitative estimate of drug-likeness (QED) is 0.619. The molecule has 8 heteroatoms. The topological polar surface area (TPSA) is 107 Å². The normalized spacial score (nSPS) is 25.8. The van der Waals surface area contributed by atoms with Crippen molar-refractivity contribution in [3.05, 3.63) is 34.4 Å². The van der Waals surface area contributed by atoms with Crippen molar-refractivity contribution >= 4 is 15.5 Å². The number of nitrogens with zero attached hydrogens (tertiary/aromatic N) is 1. The van der Waals surface area contributed by atoms with Gasteiger partial charge in [-0.25, -0.2) is 8.42 Å². The zero-order chi connectivity index (χ0) is 13.3. The van der Waals surface area contributed by atoms with Crippen molar-refractivity contribution in [2.45, 2.75) is 12.2 Å². The Morgan fingerprint density at radius 2 is 1.89 bits per heavy atom. The van der Waals surface area contributed by atoms with Gasteiger partial charge in [-0.3, -0.25) is 10.1 Å². The summed E-state index contributed by atoms with van der Waals surface area (Å²) in [4.78, 5) is 9.90. The molecular weight excluding hydrogens is 262 g/mol. The Balaban J connectivity index is 2.08. The fraction of sp³-hybridized carbons (Fsp3) is 0.400. The highest BCUT2D eigenvalue weighted by atomic mass is 32.2. The first-order valence-corrected chi connectivity index (χ1v) is 6.99. The summed E-state index contributed by atoms with van der Waals surface area (Å²) < 4.78 is 27.8. The Labute approximate surface area is 103 Å². The molecular formula is C10H11NO6S. The molecule has 0 radical (unpaired) electrons. The predicted molar refractivity (Wildman–Crippen MR) is 62.2 cm³/mol. The lowest BCUT2D eigenvalue weighted by molar-refractivity contribution is -0.384. The van der Waals surface area contributed by atoms with Crippen molar-refractivity contribution < 1.29 is 23.2 Å². The van der Waals surface area contributed by atoms with Crippen LogP contribution in [0.15, 0.2) is 24.3 Å². The number of hydrogen-bond acceptors (Lipinski definition) is 6. The lowest BCUT2D eigenvalue weighted by Crippen LogP contribution is -2.29. The fourth-order valence-corrected chi connectivity index (χ4v) is 3.39. The van der Waals surface area contributed by atoms with Crippen molar-refractivity contribution in [1.29, 1.82) is 0 Å². The van der Waals surface area contributed by atoms with Crippen LogP contribution in [0.4, 0.5) is 5.69 Å². The summed E-state index contributed by atoms with van der Waals surface area (Å²) in [5.41, 5.74) is -0.0815. The van der Waals surface area contributed by atoms with E-state index in [2.05, 4.69) is 0 Å². The van der Waals surface area contributed by atoms with Gasteiger partial charge in [-0.15, -0.1) is 0 Å². The summed E-state index contributed by atoms with van der Waals surface area (Å²) in [6.07, 6.45) is -1.89. The third-order valence-corrected chi connectivity index (χ3v) is 4.29. The van der Waals surface area contributed by atoms with E-state index < -0.39 is 27.0 Å². The first-order chi connectivity index (χ1) is 8.37. The molecule has 0 aliphatic carbocycles. The van der Waals surface area contributed by atoms with E-state index in [1.807, 2.05) is 0 Å². The van der Waals surface area contributed by atoms with Crippen molar-refractivity contribution in [3.63, 3.8) is 0 Å². The molecule has 1 aliphatic rings. The van der Waals surface area contributed by atoms with Crippen LogP contribution in [-0.2, 0) is 9.84 Å². The van der Waals surface area contributed by atoms with E-state index in [-0.39, 0.29) is 17.2 Å². The van der Waals surface area contributed by atoms with Gasteiger partial charge in [0.05, 0.1) is 16.4 Å². The average molecular weight is 273 g/mol. The number of sulfone groups is 1. The molecule has 98 valence electrons. The minimum Gasteiger partial charge on any atom is -0.487 e. The summed E-state index contributed by atoms with van der Waals surface area (Å²) >= 11 is 0. The van der Waals surface area contributed by atoms with Gasteiger partial charge in [-0.05, 0) is 12.1 Å². The van der Waals surface area contributed by atoms with Crippen LogP contribution in [0.3, 0.4) is 0 Å². The van der Waals surface area contributed by atoms with Gasteiger partial charge >= 0.3 is 0 Å². The maximum Gasteiger partial charge on any atom is 0.269 e. The van der Waals surface area contributed by atoms with E-state index in [1.165, 1.54) is 24.3 Å². The standard InChI is InChI=1S/C10H11NO6S/c12-9-5-18(15,16)6-10(9)17-8-3-1-7(2-4-8)11(13)14/h1-4,9-10,12H,5-6H2. The van der Waals surface area contributed by atoms with Crippen molar-refractivity contribution in [2.24, 2.45) is 0 Å². The molecule has 0 spiro atoms. The molecule has 18 heavy (non-hydrogen) atoms. The Morgan fingerprint density at radius 1 is 1.28 bits per heavy atom. The average Bonchev–Trinajstić information content (AvgIpc) is 2.52. The van der Waals surface area contributed by atoms with Crippen LogP contribution in [0.2, 0.25) is 0 Å². The van der Waals surface area contributed by atoms with Gasteiger partial charge in [0.1, 0.15) is 18.0 Å². The number of aliphatic hydroxyl groups excluding tert-OH is 1. The molecule has 1 aromatic rings. The molecule has 0 bridgehead atoms. The van der Waals surface area contributed by atoms with Gasteiger partial charge in [0.15, 0.2) is 9.84 Å². The largest absolute Gasteiger partial charge is 0.487 e. The highest BCUT2D eigenvalue weighted by molar-refractivity contribution is 7.91. The molecule has 1 aliphatic heterocycles. The third kappa shape index (κ3) is 2.77. The number of rotatable bonds is 3. The summed E-state index contributed by atoms with van der Waals surface area (Å²) in [6, 6.07) is 5.25. The van der Waals surface area contributed by atoms with Crippen molar-refractivity contribution in [2.75, 3.05) is 11.5 Å². The monoisotopic (exact) mass is 273 g/mol. The van der Waals surface area contributed by atoms with E-state index in [9.17, 15) is 23.6 Å². The number of benzene rings is 1. The van der Waals surface area contributed by atoms with E-state index in [4.69, 9.17) is 4.74 Å². The maximum absolute atomic E-state index is 11.3. The van der Waals surface area contributed by atoms with Gasteiger partial charge in [0.2, 0.25) is 0 Å². The maximum atomic E-state index is 11.3. The van der Waals surface area contributed by atoms with Crippen LogP contribution < -0.4 is 4.74 Å². The highest BCUT2D eigenvalue weighted by Crippen LogP contribution is 2.22. The molecule has 2 atom stereocenters. The van der Waals surface area contributed by atoms with Crippen LogP contribution >= 0.6 is 0 Å². The SMILES string of the molecule is O=[N+]([O-])c1ccc(OC2CS(=O)(=O)CC2O)cc1. The van der Waals surface area contributed by atoms with Gasteiger partial charge in [0, 0.05) is 12.1 Å². The molecule has 0 amide bonds. The molecule has 0 saturated carbocycles. The second kappa shape index (κ2) is 4.54. The molecule has 1 fully saturated rings. The van der Waals surface area contributed by atoms with Gasteiger partial charge in [0.25, 0.3) is 5.69 Å². The number of nitro groups is 1. The van der Waals surface area contributed by atoms with Gasteiger partial charge in [-0.1, -0.05) is 0 Å². The van der Waals surface area contributed by atoms with Crippen LogP contribution in [0.25, 0.3) is 0 Å². The van der Waals surface area contributed by atoms with E-state index >= 15 is 0 Å². The lowest BCUT2D eigenvalue weighted by atomic mass is 10.2. The smallest absolute Gasteiger partial charge is 0.269 e. The minimum atomic E-state index is -3.27. The summed E-state index contributed by atoms with van der Waals surface area (Å²) in [5, 5.41) is 20.0. The zero-order valence-electron chi connectivity index (χ0n) is 9.22. The molecule has 2 unspecified atom stereocenters.